The summed E-state index contributed by atoms with van der Waals surface area (Å²) in [6.45, 7) is 7.24. The molecule has 0 bridgehead atoms. The van der Waals surface area contributed by atoms with Gasteiger partial charge in [0, 0.05) is 75.1 Å². The number of amides is 1. The summed E-state index contributed by atoms with van der Waals surface area (Å²) >= 11 is 0. The van der Waals surface area contributed by atoms with Crippen LogP contribution in [0.2, 0.25) is 0 Å². The Balaban J connectivity index is 1.11. The molecule has 4 aromatic rings. The van der Waals surface area contributed by atoms with Crippen LogP contribution in [-0.4, -0.2) is 73.4 Å². The van der Waals surface area contributed by atoms with Crippen molar-refractivity contribution in [2.24, 2.45) is 5.92 Å². The molecule has 190 valence electrons. The van der Waals surface area contributed by atoms with Gasteiger partial charge in [-0.2, -0.15) is 0 Å². The smallest absolute Gasteiger partial charge is 0.225 e. The number of hydrogen-bond donors (Lipinski definition) is 2. The maximum absolute atomic E-state index is 12.3. The van der Waals surface area contributed by atoms with Crippen LogP contribution in [0.3, 0.4) is 0 Å². The molecule has 1 aromatic carbocycles. The van der Waals surface area contributed by atoms with Gasteiger partial charge in [0.25, 0.3) is 0 Å². The fourth-order valence-electron chi connectivity index (χ4n) is 4.97. The fraction of sp³-hybridized carbons (Fsp3) is 0.393. The van der Waals surface area contributed by atoms with Gasteiger partial charge in [-0.25, -0.2) is 15.0 Å². The minimum Gasteiger partial charge on any atom is -0.370 e. The summed E-state index contributed by atoms with van der Waals surface area (Å²) in [4.78, 5) is 38.3. The minimum absolute atomic E-state index is 0.308. The zero-order valence-corrected chi connectivity index (χ0v) is 21.2. The first-order chi connectivity index (χ1) is 18.1. The molecule has 0 spiro atoms. The van der Waals surface area contributed by atoms with Crippen LogP contribution in [0.25, 0.3) is 22.3 Å². The lowest BCUT2D eigenvalue weighted by Gasteiger charge is -2.35. The van der Waals surface area contributed by atoms with Gasteiger partial charge in [0.1, 0.15) is 18.0 Å². The maximum atomic E-state index is 12.3. The molecule has 9 heteroatoms. The average molecular weight is 497 g/mol. The van der Waals surface area contributed by atoms with Gasteiger partial charge in [0.05, 0.1) is 16.7 Å². The van der Waals surface area contributed by atoms with Crippen molar-refractivity contribution in [2.45, 2.75) is 32.7 Å². The highest BCUT2D eigenvalue weighted by molar-refractivity contribution is 5.82. The highest BCUT2D eigenvalue weighted by atomic mass is 16.2. The van der Waals surface area contributed by atoms with Gasteiger partial charge in [-0.05, 0) is 49.6 Å². The van der Waals surface area contributed by atoms with Crippen LogP contribution < -0.4 is 5.32 Å². The number of aromatic amines is 1. The maximum Gasteiger partial charge on any atom is 0.225 e. The molecule has 1 aliphatic carbocycles. The van der Waals surface area contributed by atoms with Crippen molar-refractivity contribution >= 4 is 22.8 Å². The Labute approximate surface area is 216 Å². The molecule has 6 rings (SSSR count). The summed E-state index contributed by atoms with van der Waals surface area (Å²) in [5.41, 5.74) is 6.02. The van der Waals surface area contributed by atoms with Crippen LogP contribution in [0.4, 0.5) is 5.82 Å². The molecule has 0 unspecified atom stereocenters. The lowest BCUT2D eigenvalue weighted by molar-refractivity contribution is -0.134. The average Bonchev–Trinajstić information content (AvgIpc) is 3.69. The second-order valence-electron chi connectivity index (χ2n) is 9.94. The van der Waals surface area contributed by atoms with E-state index in [9.17, 15) is 4.79 Å². The van der Waals surface area contributed by atoms with Crippen LogP contribution in [-0.2, 0) is 17.8 Å². The number of benzene rings is 1. The molecular weight excluding hydrogens is 464 g/mol. The Morgan fingerprint density at radius 1 is 1.05 bits per heavy atom. The summed E-state index contributed by atoms with van der Waals surface area (Å²) in [5.74, 6) is 2.37. The third-order valence-corrected chi connectivity index (χ3v) is 7.10. The van der Waals surface area contributed by atoms with Crippen LogP contribution in [0.5, 0.6) is 0 Å². The van der Waals surface area contributed by atoms with E-state index >= 15 is 0 Å². The van der Waals surface area contributed by atoms with Crippen molar-refractivity contribution in [1.29, 1.82) is 0 Å². The SMILES string of the molecule is CCNc1cc(-c2ccc3nc(Cc4cc(CN5CCN(C(=O)C6CC6)CC5)ccn4)[nH]c3c2)ncn1. The first-order valence-electron chi connectivity index (χ1n) is 13.1. The zero-order valence-electron chi connectivity index (χ0n) is 21.2. The van der Waals surface area contributed by atoms with E-state index in [0.29, 0.717) is 18.2 Å². The molecule has 1 aliphatic heterocycles. The normalized spacial score (nSPS) is 16.3. The van der Waals surface area contributed by atoms with Crippen LogP contribution in [0.1, 0.15) is 36.8 Å². The van der Waals surface area contributed by atoms with Gasteiger partial charge in [-0.3, -0.25) is 14.7 Å². The predicted octanol–water partition coefficient (Wildman–Crippen LogP) is 3.49. The molecule has 1 amide bonds. The number of pyridine rings is 1. The standard InChI is InChI=1S/C28H32N8O/c1-2-29-26-16-24(31-18-32-26)21-5-6-23-25(14-21)34-27(33-23)15-22-13-19(7-8-30-22)17-35-9-11-36(12-10-35)28(37)20-3-4-20/h5-8,13-14,16,18,20H,2-4,9-12,15,17H2,1H3,(H,33,34)(H,29,31,32). The summed E-state index contributed by atoms with van der Waals surface area (Å²) in [7, 11) is 0. The number of carbonyl (C=O) groups excluding carboxylic acids is 1. The number of imidazole rings is 1. The van der Waals surface area contributed by atoms with Crippen molar-refractivity contribution in [3.8, 4) is 11.3 Å². The highest BCUT2D eigenvalue weighted by Crippen LogP contribution is 2.31. The van der Waals surface area contributed by atoms with Crippen LogP contribution in [0, 0.1) is 5.92 Å². The van der Waals surface area contributed by atoms with Gasteiger partial charge in [0.2, 0.25) is 5.91 Å². The Morgan fingerprint density at radius 2 is 1.92 bits per heavy atom. The van der Waals surface area contributed by atoms with Crippen molar-refractivity contribution in [3.63, 3.8) is 0 Å². The largest absolute Gasteiger partial charge is 0.370 e. The first-order valence-corrected chi connectivity index (χ1v) is 13.1. The quantitative estimate of drug-likeness (QED) is 0.385. The van der Waals surface area contributed by atoms with Gasteiger partial charge in [-0.15, -0.1) is 0 Å². The number of rotatable bonds is 8. The summed E-state index contributed by atoms with van der Waals surface area (Å²) in [6.07, 6.45) is 6.26. The van der Waals surface area contributed by atoms with E-state index in [4.69, 9.17) is 4.98 Å². The molecule has 9 nitrogen and oxygen atoms in total. The number of H-pyrrole nitrogens is 1. The molecule has 2 N–H and O–H groups in total. The Bertz CT molecular complexity index is 1400. The summed E-state index contributed by atoms with van der Waals surface area (Å²) < 4.78 is 0. The summed E-state index contributed by atoms with van der Waals surface area (Å²) in [6, 6.07) is 12.4. The van der Waals surface area contributed by atoms with Crippen molar-refractivity contribution in [3.05, 3.63) is 66.0 Å². The number of fused-ring (bicyclic) bond motifs is 1. The molecule has 2 fully saturated rings. The molecule has 2 aliphatic rings. The zero-order chi connectivity index (χ0) is 25.2. The van der Waals surface area contributed by atoms with E-state index in [0.717, 1.165) is 91.7 Å². The lowest BCUT2D eigenvalue weighted by atomic mass is 10.1. The van der Waals surface area contributed by atoms with Crippen LogP contribution >= 0.6 is 0 Å². The monoisotopic (exact) mass is 496 g/mol. The molecular formula is C28H32N8O. The number of nitrogens with one attached hydrogen (secondary N) is 2. The molecule has 1 saturated heterocycles. The van der Waals surface area contributed by atoms with Gasteiger partial charge in [-0.1, -0.05) is 6.07 Å². The first kappa shape index (κ1) is 23.5. The van der Waals surface area contributed by atoms with E-state index in [2.05, 4.69) is 48.4 Å². The predicted molar refractivity (Wildman–Crippen MR) is 143 cm³/mol. The molecule has 37 heavy (non-hydrogen) atoms. The van der Waals surface area contributed by atoms with E-state index in [1.165, 1.54) is 5.56 Å². The molecule has 1 saturated carbocycles. The summed E-state index contributed by atoms with van der Waals surface area (Å²) in [5, 5.41) is 3.23. The van der Waals surface area contributed by atoms with Gasteiger partial charge in [0.15, 0.2) is 0 Å². The van der Waals surface area contributed by atoms with Crippen molar-refractivity contribution in [1.82, 2.24) is 34.7 Å². The van der Waals surface area contributed by atoms with E-state index < -0.39 is 0 Å². The Kier molecular flexibility index (Phi) is 6.53. The second-order valence-corrected chi connectivity index (χ2v) is 9.94. The third kappa shape index (κ3) is 5.46. The number of anilines is 1. The molecule has 0 atom stereocenters. The number of carbonyl (C=O) groups is 1. The van der Waals surface area contributed by atoms with E-state index in [1.807, 2.05) is 36.2 Å². The topological polar surface area (TPSA) is 103 Å². The number of piperazine rings is 1. The third-order valence-electron chi connectivity index (χ3n) is 7.10. The van der Waals surface area contributed by atoms with Crippen LogP contribution in [0.15, 0.2) is 48.9 Å². The fourth-order valence-corrected chi connectivity index (χ4v) is 4.97. The number of hydrogen-bond acceptors (Lipinski definition) is 7. The highest BCUT2D eigenvalue weighted by Gasteiger charge is 2.34. The lowest BCUT2D eigenvalue weighted by Crippen LogP contribution is -2.48. The minimum atomic E-state index is 0.308. The van der Waals surface area contributed by atoms with E-state index in [1.54, 1.807) is 6.33 Å². The van der Waals surface area contributed by atoms with E-state index in [-0.39, 0.29) is 0 Å². The number of aromatic nitrogens is 5. The molecule has 0 radical (unpaired) electrons. The number of nitrogens with zero attached hydrogens (tertiary/aromatic N) is 6. The molecule has 4 heterocycles. The van der Waals surface area contributed by atoms with Gasteiger partial charge < -0.3 is 15.2 Å². The van der Waals surface area contributed by atoms with Gasteiger partial charge >= 0.3 is 0 Å². The second kappa shape index (κ2) is 10.3. The Morgan fingerprint density at radius 3 is 2.73 bits per heavy atom. The molecule has 3 aromatic heterocycles. The Hall–Kier alpha value is -3.85. The van der Waals surface area contributed by atoms with Crippen molar-refractivity contribution < 1.29 is 4.79 Å². The van der Waals surface area contributed by atoms with Crippen molar-refractivity contribution in [2.75, 3.05) is 38.0 Å².